The molecule has 0 bridgehead atoms. The van der Waals surface area contributed by atoms with E-state index >= 15 is 0 Å². The number of imidazole rings is 1. The van der Waals surface area contributed by atoms with Gasteiger partial charge < -0.3 is 9.67 Å². The molecule has 2 aromatic rings. The molecule has 5 heteroatoms. The van der Waals surface area contributed by atoms with Crippen LogP contribution in [0.2, 0.25) is 0 Å². The number of nitrogens with zero attached hydrogens (tertiary/aromatic N) is 2. The van der Waals surface area contributed by atoms with Crippen molar-refractivity contribution in [2.24, 2.45) is 0 Å². The minimum atomic E-state index is -0.849. The predicted octanol–water partition coefficient (Wildman–Crippen LogP) is 2.40. The fourth-order valence-corrected chi connectivity index (χ4v) is 2.29. The summed E-state index contributed by atoms with van der Waals surface area (Å²) in [5.74, 6) is -0.849. The van der Waals surface area contributed by atoms with Gasteiger partial charge in [-0.05, 0) is 25.3 Å². The number of carboxylic acid groups (broad SMARTS) is 1. The predicted molar refractivity (Wildman–Crippen MR) is 63.9 cm³/mol. The molecule has 0 saturated heterocycles. The SMILES string of the molecule is CSc1nc2ccccc2n1C(C)C(=O)O. The first-order chi connectivity index (χ1) is 7.65. The van der Waals surface area contributed by atoms with Gasteiger partial charge in [-0.15, -0.1) is 0 Å². The molecule has 0 aliphatic heterocycles. The maximum Gasteiger partial charge on any atom is 0.326 e. The van der Waals surface area contributed by atoms with Gasteiger partial charge in [0.25, 0.3) is 0 Å². The fraction of sp³-hybridized carbons (Fsp3) is 0.273. The van der Waals surface area contributed by atoms with Crippen LogP contribution in [-0.2, 0) is 4.79 Å². The molecule has 0 spiro atoms. The maximum atomic E-state index is 11.1. The number of carboxylic acids is 1. The first-order valence-electron chi connectivity index (χ1n) is 4.89. The van der Waals surface area contributed by atoms with Gasteiger partial charge in [0.15, 0.2) is 5.16 Å². The Morgan fingerprint density at radius 1 is 1.50 bits per heavy atom. The summed E-state index contributed by atoms with van der Waals surface area (Å²) in [7, 11) is 0. The molecule has 84 valence electrons. The number of rotatable bonds is 3. The van der Waals surface area contributed by atoms with Crippen LogP contribution >= 0.6 is 11.8 Å². The second kappa shape index (κ2) is 4.17. The summed E-state index contributed by atoms with van der Waals surface area (Å²) in [5.41, 5.74) is 1.70. The van der Waals surface area contributed by atoms with Crippen molar-refractivity contribution in [2.45, 2.75) is 18.1 Å². The van der Waals surface area contributed by atoms with E-state index in [2.05, 4.69) is 4.98 Å². The molecule has 0 amide bonds. The van der Waals surface area contributed by atoms with Crippen molar-refractivity contribution < 1.29 is 9.90 Å². The Bertz CT molecular complexity index is 536. The molecule has 0 radical (unpaired) electrons. The second-order valence-corrected chi connectivity index (χ2v) is 4.24. The molecule has 1 aromatic heterocycles. The Morgan fingerprint density at radius 2 is 2.19 bits per heavy atom. The van der Waals surface area contributed by atoms with Crippen LogP contribution < -0.4 is 0 Å². The van der Waals surface area contributed by atoms with Crippen LogP contribution in [-0.4, -0.2) is 26.9 Å². The van der Waals surface area contributed by atoms with Crippen LogP contribution in [0.3, 0.4) is 0 Å². The first kappa shape index (κ1) is 11.0. The molecule has 2 rings (SSSR count). The Kier molecular flexibility index (Phi) is 2.87. The lowest BCUT2D eigenvalue weighted by Gasteiger charge is -2.11. The molecule has 4 nitrogen and oxygen atoms in total. The molecule has 1 aromatic carbocycles. The average Bonchev–Trinajstić information content (AvgIpc) is 2.66. The highest BCUT2D eigenvalue weighted by molar-refractivity contribution is 7.98. The number of para-hydroxylation sites is 2. The van der Waals surface area contributed by atoms with Gasteiger partial charge in [-0.2, -0.15) is 0 Å². The number of hydrogen-bond donors (Lipinski definition) is 1. The van der Waals surface area contributed by atoms with Gasteiger partial charge in [0.2, 0.25) is 0 Å². The molecule has 1 heterocycles. The number of aromatic nitrogens is 2. The summed E-state index contributed by atoms with van der Waals surface area (Å²) in [6.45, 7) is 1.66. The fourth-order valence-electron chi connectivity index (χ4n) is 1.65. The Labute approximate surface area is 97.3 Å². The van der Waals surface area contributed by atoms with Crippen molar-refractivity contribution in [1.82, 2.24) is 9.55 Å². The molecule has 1 unspecified atom stereocenters. The number of benzene rings is 1. The van der Waals surface area contributed by atoms with Crippen LogP contribution in [0.4, 0.5) is 0 Å². The van der Waals surface area contributed by atoms with Gasteiger partial charge in [0.05, 0.1) is 11.0 Å². The van der Waals surface area contributed by atoms with E-state index in [0.717, 1.165) is 16.2 Å². The van der Waals surface area contributed by atoms with E-state index in [1.807, 2.05) is 30.5 Å². The van der Waals surface area contributed by atoms with Gasteiger partial charge in [-0.25, -0.2) is 9.78 Å². The molecule has 0 aliphatic carbocycles. The third kappa shape index (κ3) is 1.67. The van der Waals surface area contributed by atoms with E-state index in [4.69, 9.17) is 5.11 Å². The summed E-state index contributed by atoms with van der Waals surface area (Å²) >= 11 is 1.46. The van der Waals surface area contributed by atoms with Crippen molar-refractivity contribution in [2.75, 3.05) is 6.26 Å². The summed E-state index contributed by atoms with van der Waals surface area (Å²) in [6.07, 6.45) is 1.90. The minimum absolute atomic E-state index is 0.602. The van der Waals surface area contributed by atoms with Crippen LogP contribution in [0, 0.1) is 0 Å². The Morgan fingerprint density at radius 3 is 2.81 bits per heavy atom. The largest absolute Gasteiger partial charge is 0.480 e. The van der Waals surface area contributed by atoms with Crippen molar-refractivity contribution in [3.05, 3.63) is 24.3 Å². The zero-order valence-corrected chi connectivity index (χ0v) is 9.86. The topological polar surface area (TPSA) is 55.1 Å². The average molecular weight is 236 g/mol. The summed E-state index contributed by atoms with van der Waals surface area (Å²) < 4.78 is 1.75. The quantitative estimate of drug-likeness (QED) is 0.831. The zero-order valence-electron chi connectivity index (χ0n) is 9.04. The minimum Gasteiger partial charge on any atom is -0.480 e. The summed E-state index contributed by atoms with van der Waals surface area (Å²) in [5, 5.41) is 9.81. The lowest BCUT2D eigenvalue weighted by Crippen LogP contribution is -2.16. The van der Waals surface area contributed by atoms with E-state index in [-0.39, 0.29) is 0 Å². The third-order valence-electron chi connectivity index (χ3n) is 2.49. The highest BCUT2D eigenvalue weighted by atomic mass is 32.2. The van der Waals surface area contributed by atoms with Gasteiger partial charge in [0.1, 0.15) is 6.04 Å². The van der Waals surface area contributed by atoms with E-state index in [0.29, 0.717) is 0 Å². The number of carbonyl (C=O) groups is 1. The molecule has 1 atom stereocenters. The molecule has 1 N–H and O–H groups in total. The van der Waals surface area contributed by atoms with Crippen molar-refractivity contribution in [3.63, 3.8) is 0 Å². The first-order valence-corrected chi connectivity index (χ1v) is 6.11. The molecule has 0 fully saturated rings. The highest BCUT2D eigenvalue weighted by Crippen LogP contribution is 2.26. The molecular weight excluding hydrogens is 224 g/mol. The summed E-state index contributed by atoms with van der Waals surface area (Å²) in [4.78, 5) is 15.4. The molecule has 16 heavy (non-hydrogen) atoms. The molecule has 0 aliphatic rings. The lowest BCUT2D eigenvalue weighted by molar-refractivity contribution is -0.140. The van der Waals surface area contributed by atoms with Crippen LogP contribution in [0.1, 0.15) is 13.0 Å². The third-order valence-corrected chi connectivity index (χ3v) is 3.14. The number of hydrogen-bond acceptors (Lipinski definition) is 3. The maximum absolute atomic E-state index is 11.1. The molecule has 0 saturated carbocycles. The second-order valence-electron chi connectivity index (χ2n) is 3.47. The monoisotopic (exact) mass is 236 g/mol. The number of aliphatic carboxylic acids is 1. The van der Waals surface area contributed by atoms with Gasteiger partial charge in [-0.3, -0.25) is 0 Å². The number of fused-ring (bicyclic) bond motifs is 1. The Hall–Kier alpha value is -1.49. The zero-order chi connectivity index (χ0) is 11.7. The normalized spacial score (nSPS) is 12.9. The molecular formula is C11H12N2O2S. The van der Waals surface area contributed by atoms with Gasteiger partial charge in [0, 0.05) is 0 Å². The summed E-state index contributed by atoms with van der Waals surface area (Å²) in [6, 6.07) is 6.96. The van der Waals surface area contributed by atoms with Crippen LogP contribution in [0.25, 0.3) is 11.0 Å². The van der Waals surface area contributed by atoms with Gasteiger partial charge in [-0.1, -0.05) is 23.9 Å². The number of thioether (sulfide) groups is 1. The van der Waals surface area contributed by atoms with E-state index in [1.54, 1.807) is 11.5 Å². The standard InChI is InChI=1S/C11H12N2O2S/c1-7(10(14)15)13-9-6-4-3-5-8(9)12-11(13)16-2/h3-7H,1-2H3,(H,14,15). The van der Waals surface area contributed by atoms with Crippen molar-refractivity contribution >= 4 is 28.8 Å². The van der Waals surface area contributed by atoms with Crippen molar-refractivity contribution in [1.29, 1.82) is 0 Å². The van der Waals surface area contributed by atoms with Crippen LogP contribution in [0.5, 0.6) is 0 Å². The van der Waals surface area contributed by atoms with E-state index in [9.17, 15) is 4.79 Å². The van der Waals surface area contributed by atoms with E-state index in [1.165, 1.54) is 11.8 Å². The lowest BCUT2D eigenvalue weighted by atomic mass is 10.3. The van der Waals surface area contributed by atoms with E-state index < -0.39 is 12.0 Å². The van der Waals surface area contributed by atoms with Crippen molar-refractivity contribution in [3.8, 4) is 0 Å². The Balaban J connectivity index is 2.69. The van der Waals surface area contributed by atoms with Gasteiger partial charge >= 0.3 is 5.97 Å². The smallest absolute Gasteiger partial charge is 0.326 e. The highest BCUT2D eigenvalue weighted by Gasteiger charge is 2.19. The van der Waals surface area contributed by atoms with Crippen LogP contribution in [0.15, 0.2) is 29.4 Å².